The van der Waals surface area contributed by atoms with Crippen molar-refractivity contribution in [1.29, 1.82) is 0 Å². The van der Waals surface area contributed by atoms with Crippen molar-refractivity contribution in [2.24, 2.45) is 0 Å². The lowest BCUT2D eigenvalue weighted by Crippen LogP contribution is -2.32. The van der Waals surface area contributed by atoms with Gasteiger partial charge >= 0.3 is 0 Å². The first kappa shape index (κ1) is 16.2. The summed E-state index contributed by atoms with van der Waals surface area (Å²) in [6, 6.07) is 8.65. The van der Waals surface area contributed by atoms with Crippen LogP contribution in [-0.4, -0.2) is 30.1 Å². The lowest BCUT2D eigenvalue weighted by Gasteiger charge is -2.03. The molecule has 0 bridgehead atoms. The van der Waals surface area contributed by atoms with Crippen molar-refractivity contribution in [3.05, 3.63) is 47.7 Å². The number of rotatable bonds is 5. The van der Waals surface area contributed by atoms with E-state index in [1.54, 1.807) is 6.07 Å². The van der Waals surface area contributed by atoms with Crippen molar-refractivity contribution in [2.45, 2.75) is 0 Å². The van der Waals surface area contributed by atoms with Gasteiger partial charge in [-0.05, 0) is 30.3 Å². The van der Waals surface area contributed by atoms with Gasteiger partial charge in [-0.1, -0.05) is 0 Å². The van der Waals surface area contributed by atoms with Gasteiger partial charge in [0.15, 0.2) is 22.4 Å². The average molecular weight is 371 g/mol. The van der Waals surface area contributed by atoms with Gasteiger partial charge in [-0.2, -0.15) is 0 Å². The van der Waals surface area contributed by atoms with Crippen LogP contribution < -0.4 is 20.1 Å². The molecule has 0 saturated carbocycles. The van der Waals surface area contributed by atoms with Gasteiger partial charge in [0.1, 0.15) is 0 Å². The van der Waals surface area contributed by atoms with Crippen molar-refractivity contribution < 1.29 is 23.5 Å². The van der Waals surface area contributed by atoms with E-state index >= 15 is 0 Å². The molecule has 2 N–H and O–H groups in total. The fourth-order valence-electron chi connectivity index (χ4n) is 2.34. The molecule has 2 aromatic heterocycles. The number of furan rings is 1. The molecule has 0 aliphatic carbocycles. The number of aromatic nitrogens is 1. The second kappa shape index (κ2) is 6.89. The molecule has 9 heteroatoms. The summed E-state index contributed by atoms with van der Waals surface area (Å²) in [6.07, 6.45) is 1.39. The van der Waals surface area contributed by atoms with Crippen LogP contribution in [0.15, 0.2) is 46.4 Å². The predicted molar refractivity (Wildman–Crippen MR) is 93.3 cm³/mol. The highest BCUT2D eigenvalue weighted by molar-refractivity contribution is 7.14. The maximum absolute atomic E-state index is 12.0. The van der Waals surface area contributed by atoms with Crippen molar-refractivity contribution >= 4 is 28.3 Å². The number of hydrogen-bond acceptors (Lipinski definition) is 7. The summed E-state index contributed by atoms with van der Waals surface area (Å²) in [5.41, 5.74) is 1.57. The molecule has 0 unspecified atom stereocenters. The Kier molecular flexibility index (Phi) is 4.28. The summed E-state index contributed by atoms with van der Waals surface area (Å²) in [7, 11) is 0. The number of thiazole rings is 1. The van der Waals surface area contributed by atoms with Crippen LogP contribution in [-0.2, 0) is 4.79 Å². The number of benzene rings is 1. The lowest BCUT2D eigenvalue weighted by molar-refractivity contribution is -0.115. The van der Waals surface area contributed by atoms with Crippen LogP contribution in [0.5, 0.6) is 11.5 Å². The molecule has 3 aromatic rings. The molecule has 8 nitrogen and oxygen atoms in total. The molecule has 132 valence electrons. The molecule has 2 amide bonds. The maximum Gasteiger partial charge on any atom is 0.287 e. The van der Waals surface area contributed by atoms with E-state index in [0.29, 0.717) is 22.3 Å². The highest BCUT2D eigenvalue weighted by atomic mass is 32.1. The van der Waals surface area contributed by atoms with Crippen LogP contribution >= 0.6 is 11.3 Å². The standard InChI is InChI=1S/C17H13N3O5S/c21-15(7-18-16(22)13-2-1-5-23-13)20-17-19-11(8-26-17)10-3-4-12-14(6-10)25-9-24-12/h1-6,8H,7,9H2,(H,18,22)(H,19,20,21). The van der Waals surface area contributed by atoms with Gasteiger partial charge in [-0.15, -0.1) is 11.3 Å². The minimum Gasteiger partial charge on any atom is -0.459 e. The fourth-order valence-corrected chi connectivity index (χ4v) is 3.07. The summed E-state index contributed by atoms with van der Waals surface area (Å²) in [5, 5.41) is 7.39. The number of nitrogens with one attached hydrogen (secondary N) is 2. The topological polar surface area (TPSA) is 103 Å². The molecule has 0 radical (unpaired) electrons. The molecule has 1 aliphatic heterocycles. The smallest absolute Gasteiger partial charge is 0.287 e. The second-order valence-corrected chi connectivity index (χ2v) is 6.17. The van der Waals surface area contributed by atoms with Crippen molar-refractivity contribution in [1.82, 2.24) is 10.3 Å². The van der Waals surface area contributed by atoms with Crippen molar-refractivity contribution in [2.75, 3.05) is 18.7 Å². The summed E-state index contributed by atoms with van der Waals surface area (Å²) in [5.74, 6) is 0.686. The molecular formula is C17H13N3O5S. The van der Waals surface area contributed by atoms with Crippen LogP contribution in [0.25, 0.3) is 11.3 Å². The van der Waals surface area contributed by atoms with Gasteiger partial charge in [0.25, 0.3) is 5.91 Å². The number of fused-ring (bicyclic) bond motifs is 1. The highest BCUT2D eigenvalue weighted by Crippen LogP contribution is 2.36. The van der Waals surface area contributed by atoms with E-state index in [0.717, 1.165) is 5.56 Å². The Balaban J connectivity index is 1.36. The van der Waals surface area contributed by atoms with Crippen LogP contribution in [0.2, 0.25) is 0 Å². The van der Waals surface area contributed by atoms with E-state index in [-0.39, 0.29) is 25.0 Å². The molecule has 1 aromatic carbocycles. The summed E-state index contributed by atoms with van der Waals surface area (Å²) >= 11 is 1.29. The van der Waals surface area contributed by atoms with Gasteiger partial charge in [-0.25, -0.2) is 4.98 Å². The SMILES string of the molecule is O=C(CNC(=O)c1ccco1)Nc1nc(-c2ccc3c(c2)OCO3)cs1. The summed E-state index contributed by atoms with van der Waals surface area (Å²) in [6.45, 7) is 0.0271. The molecule has 4 rings (SSSR count). The molecule has 0 atom stereocenters. The number of hydrogen-bond donors (Lipinski definition) is 2. The van der Waals surface area contributed by atoms with E-state index in [1.807, 2.05) is 23.6 Å². The Morgan fingerprint density at radius 3 is 2.92 bits per heavy atom. The third-order valence-corrected chi connectivity index (χ3v) is 4.33. The first-order chi connectivity index (χ1) is 12.7. The van der Waals surface area contributed by atoms with E-state index in [1.165, 1.54) is 23.7 Å². The Labute approximate surface area is 151 Å². The van der Waals surface area contributed by atoms with E-state index < -0.39 is 5.91 Å². The number of ether oxygens (including phenoxy) is 2. The first-order valence-electron chi connectivity index (χ1n) is 7.66. The number of carbonyl (C=O) groups excluding carboxylic acids is 2. The van der Waals surface area contributed by atoms with Gasteiger partial charge in [0.2, 0.25) is 12.7 Å². The number of amides is 2. The summed E-state index contributed by atoms with van der Waals surface area (Å²) < 4.78 is 15.6. The summed E-state index contributed by atoms with van der Waals surface area (Å²) in [4.78, 5) is 28.1. The predicted octanol–water partition coefficient (Wildman–Crippen LogP) is 2.50. The molecule has 1 aliphatic rings. The zero-order chi connectivity index (χ0) is 17.9. The zero-order valence-electron chi connectivity index (χ0n) is 13.4. The molecule has 26 heavy (non-hydrogen) atoms. The second-order valence-electron chi connectivity index (χ2n) is 5.31. The molecule has 0 saturated heterocycles. The van der Waals surface area contributed by atoms with Crippen molar-refractivity contribution in [3.63, 3.8) is 0 Å². The van der Waals surface area contributed by atoms with Crippen LogP contribution in [0.4, 0.5) is 5.13 Å². The number of carbonyl (C=O) groups is 2. The Morgan fingerprint density at radius 1 is 1.19 bits per heavy atom. The van der Waals surface area contributed by atoms with Crippen LogP contribution in [0.3, 0.4) is 0 Å². The van der Waals surface area contributed by atoms with Gasteiger partial charge < -0.3 is 24.5 Å². The Hall–Kier alpha value is -3.33. The third-order valence-electron chi connectivity index (χ3n) is 3.57. The van der Waals surface area contributed by atoms with Gasteiger partial charge in [0, 0.05) is 10.9 Å². The molecule has 0 fully saturated rings. The largest absolute Gasteiger partial charge is 0.459 e. The minimum absolute atomic E-state index is 0.150. The van der Waals surface area contributed by atoms with Crippen LogP contribution in [0.1, 0.15) is 10.6 Å². The molecular weight excluding hydrogens is 358 g/mol. The van der Waals surface area contributed by atoms with E-state index in [2.05, 4.69) is 15.6 Å². The zero-order valence-corrected chi connectivity index (χ0v) is 14.2. The lowest BCUT2D eigenvalue weighted by atomic mass is 10.1. The Morgan fingerprint density at radius 2 is 2.08 bits per heavy atom. The van der Waals surface area contributed by atoms with E-state index in [4.69, 9.17) is 13.9 Å². The first-order valence-corrected chi connectivity index (χ1v) is 8.54. The molecule has 3 heterocycles. The van der Waals surface area contributed by atoms with Crippen LogP contribution in [0, 0.1) is 0 Å². The number of nitrogens with zero attached hydrogens (tertiary/aromatic N) is 1. The third kappa shape index (κ3) is 3.38. The molecule has 0 spiro atoms. The average Bonchev–Trinajstić information content (AvgIpc) is 3.39. The van der Waals surface area contributed by atoms with E-state index in [9.17, 15) is 9.59 Å². The highest BCUT2D eigenvalue weighted by Gasteiger charge is 2.16. The maximum atomic E-state index is 12.0. The monoisotopic (exact) mass is 371 g/mol. The Bertz CT molecular complexity index is 951. The normalized spacial score (nSPS) is 12.0. The minimum atomic E-state index is -0.453. The van der Waals surface area contributed by atoms with Crippen molar-refractivity contribution in [3.8, 4) is 22.8 Å². The van der Waals surface area contributed by atoms with Gasteiger partial charge in [0.05, 0.1) is 18.5 Å². The quantitative estimate of drug-likeness (QED) is 0.714. The fraction of sp³-hybridized carbons (Fsp3) is 0.118. The number of anilines is 1. The van der Waals surface area contributed by atoms with Gasteiger partial charge in [-0.3, -0.25) is 9.59 Å².